The summed E-state index contributed by atoms with van der Waals surface area (Å²) in [4.78, 5) is 20.1. The van der Waals surface area contributed by atoms with Crippen LogP contribution < -0.4 is 10.1 Å². The molecule has 3 rings (SSSR count). The van der Waals surface area contributed by atoms with Gasteiger partial charge in [-0.05, 0) is 42.0 Å². The van der Waals surface area contributed by atoms with Crippen molar-refractivity contribution in [1.29, 1.82) is 0 Å². The topological polar surface area (TPSA) is 67.0 Å². The standard InChI is InChI=1S/C19H21N3O2/c1-12(2)18-21-16-9-4-13(10-17(16)22-18)11-20-19(23)14-5-7-15(24-3)8-6-14/h4-10,12H,11H2,1-3H3,(H,20,23)(H,21,22). The zero-order valence-electron chi connectivity index (χ0n) is 14.1. The Labute approximate surface area is 141 Å². The Hall–Kier alpha value is -2.82. The van der Waals surface area contributed by atoms with Gasteiger partial charge in [0.25, 0.3) is 5.91 Å². The molecule has 0 unspecified atom stereocenters. The summed E-state index contributed by atoms with van der Waals surface area (Å²) < 4.78 is 5.10. The second kappa shape index (κ2) is 6.74. The van der Waals surface area contributed by atoms with Gasteiger partial charge >= 0.3 is 0 Å². The largest absolute Gasteiger partial charge is 0.497 e. The van der Waals surface area contributed by atoms with Crippen LogP contribution in [-0.2, 0) is 6.54 Å². The summed E-state index contributed by atoms with van der Waals surface area (Å²) in [6.07, 6.45) is 0. The van der Waals surface area contributed by atoms with E-state index in [9.17, 15) is 4.79 Å². The van der Waals surface area contributed by atoms with Crippen LogP contribution in [0, 0.1) is 0 Å². The van der Waals surface area contributed by atoms with Crippen molar-refractivity contribution in [2.24, 2.45) is 0 Å². The first-order valence-corrected chi connectivity index (χ1v) is 7.97. The third-order valence-corrected chi connectivity index (χ3v) is 3.92. The molecule has 0 aliphatic carbocycles. The number of hydrogen-bond donors (Lipinski definition) is 2. The maximum Gasteiger partial charge on any atom is 0.251 e. The van der Waals surface area contributed by atoms with E-state index in [2.05, 4.69) is 29.1 Å². The van der Waals surface area contributed by atoms with E-state index in [4.69, 9.17) is 4.74 Å². The van der Waals surface area contributed by atoms with Crippen molar-refractivity contribution in [1.82, 2.24) is 15.3 Å². The van der Waals surface area contributed by atoms with Gasteiger partial charge in [0, 0.05) is 18.0 Å². The van der Waals surface area contributed by atoms with E-state index < -0.39 is 0 Å². The number of aromatic amines is 1. The molecule has 0 spiro atoms. The van der Waals surface area contributed by atoms with Gasteiger partial charge in [-0.3, -0.25) is 4.79 Å². The number of benzene rings is 2. The van der Waals surface area contributed by atoms with Gasteiger partial charge in [0.1, 0.15) is 11.6 Å². The van der Waals surface area contributed by atoms with E-state index in [0.717, 1.165) is 28.2 Å². The molecule has 24 heavy (non-hydrogen) atoms. The summed E-state index contributed by atoms with van der Waals surface area (Å²) in [6, 6.07) is 13.1. The lowest BCUT2D eigenvalue weighted by atomic mass is 10.1. The highest BCUT2D eigenvalue weighted by Gasteiger charge is 2.08. The Morgan fingerprint density at radius 3 is 2.62 bits per heavy atom. The minimum atomic E-state index is -0.106. The molecule has 0 atom stereocenters. The quantitative estimate of drug-likeness (QED) is 0.753. The van der Waals surface area contributed by atoms with E-state index in [1.54, 1.807) is 31.4 Å². The van der Waals surface area contributed by atoms with Crippen LogP contribution in [0.4, 0.5) is 0 Å². The van der Waals surface area contributed by atoms with Gasteiger partial charge in [-0.15, -0.1) is 0 Å². The van der Waals surface area contributed by atoms with E-state index in [0.29, 0.717) is 18.0 Å². The number of fused-ring (bicyclic) bond motifs is 1. The highest BCUT2D eigenvalue weighted by molar-refractivity contribution is 5.94. The number of H-pyrrole nitrogens is 1. The molecule has 1 aromatic heterocycles. The molecular weight excluding hydrogens is 302 g/mol. The smallest absolute Gasteiger partial charge is 0.251 e. The summed E-state index contributed by atoms with van der Waals surface area (Å²) in [7, 11) is 1.60. The molecule has 0 saturated heterocycles. The summed E-state index contributed by atoms with van der Waals surface area (Å²) >= 11 is 0. The lowest BCUT2D eigenvalue weighted by Crippen LogP contribution is -2.22. The average Bonchev–Trinajstić information content (AvgIpc) is 3.03. The summed E-state index contributed by atoms with van der Waals surface area (Å²) in [6.45, 7) is 4.68. The van der Waals surface area contributed by atoms with Crippen LogP contribution in [0.15, 0.2) is 42.5 Å². The molecule has 3 aromatic rings. The summed E-state index contributed by atoms with van der Waals surface area (Å²) in [5.41, 5.74) is 3.59. The molecule has 2 N–H and O–H groups in total. The molecule has 0 fully saturated rings. The number of carbonyl (C=O) groups is 1. The number of hydrogen-bond acceptors (Lipinski definition) is 3. The Morgan fingerprint density at radius 2 is 1.96 bits per heavy atom. The van der Waals surface area contributed by atoms with E-state index in [-0.39, 0.29) is 5.91 Å². The Balaban J connectivity index is 1.69. The second-order valence-electron chi connectivity index (χ2n) is 6.04. The molecule has 5 nitrogen and oxygen atoms in total. The molecule has 124 valence electrons. The Bertz CT molecular complexity index is 851. The van der Waals surface area contributed by atoms with Crippen molar-refractivity contribution >= 4 is 16.9 Å². The molecule has 0 saturated carbocycles. The van der Waals surface area contributed by atoms with Crippen LogP contribution in [0.1, 0.15) is 41.5 Å². The minimum absolute atomic E-state index is 0.106. The van der Waals surface area contributed by atoms with Crippen molar-refractivity contribution in [2.75, 3.05) is 7.11 Å². The lowest BCUT2D eigenvalue weighted by molar-refractivity contribution is 0.0951. The number of imidazole rings is 1. The van der Waals surface area contributed by atoms with Crippen LogP contribution in [0.2, 0.25) is 0 Å². The number of aromatic nitrogens is 2. The summed E-state index contributed by atoms with van der Waals surface area (Å²) in [5, 5.41) is 2.93. The molecule has 1 heterocycles. The first-order chi connectivity index (χ1) is 11.6. The highest BCUT2D eigenvalue weighted by atomic mass is 16.5. The van der Waals surface area contributed by atoms with E-state index in [1.165, 1.54) is 0 Å². The van der Waals surface area contributed by atoms with Gasteiger partial charge in [-0.2, -0.15) is 0 Å². The molecule has 0 bridgehead atoms. The molecule has 0 radical (unpaired) electrons. The minimum Gasteiger partial charge on any atom is -0.497 e. The monoisotopic (exact) mass is 323 g/mol. The first kappa shape index (κ1) is 16.1. The average molecular weight is 323 g/mol. The van der Waals surface area contributed by atoms with Gasteiger partial charge in [0.2, 0.25) is 0 Å². The fraction of sp³-hybridized carbons (Fsp3) is 0.263. The predicted molar refractivity (Wildman–Crippen MR) is 94.3 cm³/mol. The number of ether oxygens (including phenoxy) is 1. The second-order valence-corrected chi connectivity index (χ2v) is 6.04. The van der Waals surface area contributed by atoms with Gasteiger partial charge in [0.05, 0.1) is 18.1 Å². The highest BCUT2D eigenvalue weighted by Crippen LogP contribution is 2.18. The molecule has 0 aliphatic heterocycles. The number of rotatable bonds is 5. The molecule has 2 aromatic carbocycles. The van der Waals surface area contributed by atoms with Crippen LogP contribution in [-0.4, -0.2) is 23.0 Å². The number of carbonyl (C=O) groups excluding carboxylic acids is 1. The van der Waals surface area contributed by atoms with Crippen molar-refractivity contribution < 1.29 is 9.53 Å². The summed E-state index contributed by atoms with van der Waals surface area (Å²) in [5.74, 6) is 1.96. The fourth-order valence-electron chi connectivity index (χ4n) is 2.49. The van der Waals surface area contributed by atoms with Crippen molar-refractivity contribution in [3.05, 3.63) is 59.4 Å². The van der Waals surface area contributed by atoms with Gasteiger partial charge in [0.15, 0.2) is 0 Å². The fourth-order valence-corrected chi connectivity index (χ4v) is 2.49. The van der Waals surface area contributed by atoms with Crippen molar-refractivity contribution in [2.45, 2.75) is 26.3 Å². The third kappa shape index (κ3) is 3.40. The van der Waals surface area contributed by atoms with Crippen LogP contribution in [0.5, 0.6) is 5.75 Å². The normalized spacial score (nSPS) is 11.0. The zero-order valence-corrected chi connectivity index (χ0v) is 14.1. The number of nitrogens with zero attached hydrogens (tertiary/aromatic N) is 1. The van der Waals surface area contributed by atoms with Crippen LogP contribution >= 0.6 is 0 Å². The maximum atomic E-state index is 12.2. The van der Waals surface area contributed by atoms with E-state index >= 15 is 0 Å². The lowest BCUT2D eigenvalue weighted by Gasteiger charge is -2.06. The first-order valence-electron chi connectivity index (χ1n) is 7.97. The third-order valence-electron chi connectivity index (χ3n) is 3.92. The predicted octanol–water partition coefficient (Wildman–Crippen LogP) is 3.62. The molecule has 0 aliphatic rings. The Morgan fingerprint density at radius 1 is 1.21 bits per heavy atom. The van der Waals surface area contributed by atoms with Gasteiger partial charge < -0.3 is 15.0 Å². The molecule has 1 amide bonds. The van der Waals surface area contributed by atoms with Gasteiger partial charge in [-0.1, -0.05) is 19.9 Å². The van der Waals surface area contributed by atoms with Crippen molar-refractivity contribution in [3.63, 3.8) is 0 Å². The van der Waals surface area contributed by atoms with E-state index in [1.807, 2.05) is 18.2 Å². The number of nitrogens with one attached hydrogen (secondary N) is 2. The number of amides is 1. The molecular formula is C19H21N3O2. The van der Waals surface area contributed by atoms with Crippen LogP contribution in [0.25, 0.3) is 11.0 Å². The Kier molecular flexibility index (Phi) is 4.51. The van der Waals surface area contributed by atoms with Gasteiger partial charge in [-0.25, -0.2) is 4.98 Å². The zero-order chi connectivity index (χ0) is 17.1. The SMILES string of the molecule is COc1ccc(C(=O)NCc2ccc3nc(C(C)C)[nH]c3c2)cc1. The van der Waals surface area contributed by atoms with Crippen molar-refractivity contribution in [3.8, 4) is 5.75 Å². The maximum absolute atomic E-state index is 12.2. The van der Waals surface area contributed by atoms with Crippen LogP contribution in [0.3, 0.4) is 0 Å². The molecule has 5 heteroatoms. The number of methoxy groups -OCH3 is 1.